The zero-order valence-electron chi connectivity index (χ0n) is 12.8. The molecule has 4 atom stereocenters. The van der Waals surface area contributed by atoms with E-state index < -0.39 is 0 Å². The molecule has 0 amide bonds. The summed E-state index contributed by atoms with van der Waals surface area (Å²) < 4.78 is 2.12. The van der Waals surface area contributed by atoms with Crippen LogP contribution in [0.15, 0.2) is 6.07 Å². The Balaban J connectivity index is 1.74. The number of aromatic nitrogens is 2. The zero-order chi connectivity index (χ0) is 14.1. The summed E-state index contributed by atoms with van der Waals surface area (Å²) in [6.45, 7) is 5.23. The average molecular weight is 276 g/mol. The van der Waals surface area contributed by atoms with Gasteiger partial charge in [-0.2, -0.15) is 5.10 Å². The van der Waals surface area contributed by atoms with Gasteiger partial charge in [-0.25, -0.2) is 0 Å². The Bertz CT molecular complexity index is 453. The van der Waals surface area contributed by atoms with Gasteiger partial charge in [0.25, 0.3) is 0 Å². The number of hydrogen-bond acceptors (Lipinski definition) is 3. The number of rotatable bonds is 6. The standard InChI is InChI=1S/C16H28N4/c1-3-14-10-16(20(4-2)19-14)15(18-17)9-13-8-11-5-6-12(13)7-11/h10-13,15,18H,3-9,17H2,1-2H3. The molecule has 1 heterocycles. The lowest BCUT2D eigenvalue weighted by atomic mass is 9.83. The van der Waals surface area contributed by atoms with Crippen molar-refractivity contribution in [2.75, 3.05) is 0 Å². The molecule has 2 bridgehead atoms. The summed E-state index contributed by atoms with van der Waals surface area (Å²) in [5.41, 5.74) is 5.50. The van der Waals surface area contributed by atoms with Crippen molar-refractivity contribution < 1.29 is 0 Å². The zero-order valence-corrected chi connectivity index (χ0v) is 12.8. The first-order chi connectivity index (χ1) is 9.75. The lowest BCUT2D eigenvalue weighted by Crippen LogP contribution is -2.32. The molecule has 4 unspecified atom stereocenters. The van der Waals surface area contributed by atoms with Crippen LogP contribution in [0.3, 0.4) is 0 Å². The van der Waals surface area contributed by atoms with Crippen LogP contribution in [0.4, 0.5) is 0 Å². The Labute approximate surface area is 122 Å². The van der Waals surface area contributed by atoms with Gasteiger partial charge in [0, 0.05) is 6.54 Å². The Hall–Kier alpha value is -0.870. The normalized spacial score (nSPS) is 30.1. The van der Waals surface area contributed by atoms with E-state index in [1.54, 1.807) is 0 Å². The molecule has 0 radical (unpaired) electrons. The fourth-order valence-corrected chi connectivity index (χ4v) is 4.44. The van der Waals surface area contributed by atoms with Crippen molar-refractivity contribution >= 4 is 0 Å². The highest BCUT2D eigenvalue weighted by atomic mass is 15.3. The molecule has 3 rings (SSSR count). The predicted octanol–water partition coefficient (Wildman–Crippen LogP) is 2.80. The highest BCUT2D eigenvalue weighted by molar-refractivity contribution is 5.15. The largest absolute Gasteiger partial charge is 0.271 e. The van der Waals surface area contributed by atoms with Gasteiger partial charge in [-0.1, -0.05) is 13.3 Å². The van der Waals surface area contributed by atoms with E-state index in [4.69, 9.17) is 5.84 Å². The van der Waals surface area contributed by atoms with E-state index in [2.05, 4.69) is 35.1 Å². The maximum atomic E-state index is 5.86. The molecule has 2 fully saturated rings. The Kier molecular flexibility index (Phi) is 4.13. The van der Waals surface area contributed by atoms with Gasteiger partial charge in [-0.3, -0.25) is 16.0 Å². The van der Waals surface area contributed by atoms with Crippen LogP contribution in [0.2, 0.25) is 0 Å². The molecule has 20 heavy (non-hydrogen) atoms. The highest BCUT2D eigenvalue weighted by Gasteiger charge is 2.40. The van der Waals surface area contributed by atoms with E-state index in [9.17, 15) is 0 Å². The topological polar surface area (TPSA) is 55.9 Å². The van der Waals surface area contributed by atoms with Gasteiger partial charge in [0.05, 0.1) is 17.4 Å². The van der Waals surface area contributed by atoms with E-state index >= 15 is 0 Å². The van der Waals surface area contributed by atoms with Crippen molar-refractivity contribution in [3.05, 3.63) is 17.5 Å². The third kappa shape index (κ3) is 2.51. The maximum Gasteiger partial charge on any atom is 0.0631 e. The molecule has 0 aliphatic heterocycles. The summed E-state index contributed by atoms with van der Waals surface area (Å²) in [6.07, 6.45) is 7.96. The number of nitrogens with two attached hydrogens (primary N) is 1. The molecular weight excluding hydrogens is 248 g/mol. The second-order valence-corrected chi connectivity index (χ2v) is 6.62. The van der Waals surface area contributed by atoms with Crippen LogP contribution in [0.5, 0.6) is 0 Å². The number of nitrogens with zero attached hydrogens (tertiary/aromatic N) is 2. The molecule has 0 aromatic carbocycles. The number of fused-ring (bicyclic) bond motifs is 2. The van der Waals surface area contributed by atoms with E-state index in [-0.39, 0.29) is 6.04 Å². The minimum atomic E-state index is 0.257. The fraction of sp³-hybridized carbons (Fsp3) is 0.812. The van der Waals surface area contributed by atoms with Gasteiger partial charge < -0.3 is 0 Å². The number of nitrogens with one attached hydrogen (secondary N) is 1. The van der Waals surface area contributed by atoms with Crippen LogP contribution in [0.25, 0.3) is 0 Å². The number of aryl methyl sites for hydroxylation is 2. The second-order valence-electron chi connectivity index (χ2n) is 6.62. The Morgan fingerprint density at radius 1 is 1.40 bits per heavy atom. The molecule has 2 aliphatic rings. The van der Waals surface area contributed by atoms with Crippen molar-refractivity contribution in [1.82, 2.24) is 15.2 Å². The van der Waals surface area contributed by atoms with Crippen LogP contribution in [0.1, 0.15) is 63.4 Å². The van der Waals surface area contributed by atoms with Crippen LogP contribution < -0.4 is 11.3 Å². The smallest absolute Gasteiger partial charge is 0.0631 e. The first kappa shape index (κ1) is 14.1. The fourth-order valence-electron chi connectivity index (χ4n) is 4.44. The van der Waals surface area contributed by atoms with Gasteiger partial charge >= 0.3 is 0 Å². The van der Waals surface area contributed by atoms with Gasteiger partial charge in [-0.15, -0.1) is 0 Å². The summed E-state index contributed by atoms with van der Waals surface area (Å²) in [5.74, 6) is 8.69. The first-order valence-electron chi connectivity index (χ1n) is 8.27. The maximum absolute atomic E-state index is 5.86. The van der Waals surface area contributed by atoms with E-state index in [0.717, 1.165) is 30.7 Å². The molecule has 0 spiro atoms. The average Bonchev–Trinajstić information content (AvgIpc) is 3.18. The summed E-state index contributed by atoms with van der Waals surface area (Å²) in [4.78, 5) is 0. The molecule has 112 valence electrons. The predicted molar refractivity (Wildman–Crippen MR) is 80.9 cm³/mol. The molecule has 2 saturated carbocycles. The van der Waals surface area contributed by atoms with Gasteiger partial charge in [0.2, 0.25) is 0 Å². The number of hydrazine groups is 1. The first-order valence-corrected chi connectivity index (χ1v) is 8.27. The molecule has 1 aromatic heterocycles. The summed E-state index contributed by atoms with van der Waals surface area (Å²) in [6, 6.07) is 2.49. The van der Waals surface area contributed by atoms with E-state index in [1.807, 2.05) is 0 Å². The molecule has 4 nitrogen and oxygen atoms in total. The molecule has 0 saturated heterocycles. The molecule has 3 N–H and O–H groups in total. The molecule has 4 heteroatoms. The summed E-state index contributed by atoms with van der Waals surface area (Å²) in [5, 5.41) is 4.66. The minimum absolute atomic E-state index is 0.257. The number of hydrogen-bond donors (Lipinski definition) is 2. The van der Waals surface area contributed by atoms with Crippen molar-refractivity contribution in [2.24, 2.45) is 23.6 Å². The van der Waals surface area contributed by atoms with Crippen LogP contribution in [0, 0.1) is 17.8 Å². The lowest BCUT2D eigenvalue weighted by Gasteiger charge is -2.26. The minimum Gasteiger partial charge on any atom is -0.271 e. The van der Waals surface area contributed by atoms with Crippen molar-refractivity contribution in [3.8, 4) is 0 Å². The van der Waals surface area contributed by atoms with Crippen LogP contribution in [-0.2, 0) is 13.0 Å². The van der Waals surface area contributed by atoms with Crippen LogP contribution in [-0.4, -0.2) is 9.78 Å². The highest BCUT2D eigenvalue weighted by Crippen LogP contribution is 2.50. The quantitative estimate of drug-likeness (QED) is 0.620. The van der Waals surface area contributed by atoms with Crippen LogP contribution >= 0.6 is 0 Å². The van der Waals surface area contributed by atoms with Gasteiger partial charge in [0.1, 0.15) is 0 Å². The monoisotopic (exact) mass is 276 g/mol. The molecule has 1 aromatic rings. The Morgan fingerprint density at radius 2 is 2.25 bits per heavy atom. The van der Waals surface area contributed by atoms with Crippen molar-refractivity contribution in [3.63, 3.8) is 0 Å². The summed E-state index contributed by atoms with van der Waals surface area (Å²) in [7, 11) is 0. The Morgan fingerprint density at radius 3 is 2.80 bits per heavy atom. The van der Waals surface area contributed by atoms with Gasteiger partial charge in [0.15, 0.2) is 0 Å². The third-order valence-corrected chi connectivity index (χ3v) is 5.50. The molecular formula is C16H28N4. The van der Waals surface area contributed by atoms with Crippen molar-refractivity contribution in [1.29, 1.82) is 0 Å². The van der Waals surface area contributed by atoms with E-state index in [0.29, 0.717) is 0 Å². The third-order valence-electron chi connectivity index (χ3n) is 5.50. The lowest BCUT2D eigenvalue weighted by molar-refractivity contribution is 0.274. The van der Waals surface area contributed by atoms with Crippen molar-refractivity contribution in [2.45, 2.75) is 65.0 Å². The van der Waals surface area contributed by atoms with Gasteiger partial charge in [-0.05, 0) is 62.8 Å². The second kappa shape index (κ2) is 5.86. The molecule has 2 aliphatic carbocycles. The SMILES string of the molecule is CCc1cc(C(CC2CC3CCC2C3)NN)n(CC)n1. The van der Waals surface area contributed by atoms with E-state index in [1.165, 1.54) is 43.5 Å². The summed E-state index contributed by atoms with van der Waals surface area (Å²) >= 11 is 0.